The third-order valence-electron chi connectivity index (χ3n) is 3.91. The van der Waals surface area contributed by atoms with Crippen LogP contribution in [0.4, 0.5) is 18.9 Å². The highest BCUT2D eigenvalue weighted by atomic mass is 19.4. The van der Waals surface area contributed by atoms with Crippen LogP contribution in [0.25, 0.3) is 10.9 Å². The number of hydrogen-bond donors (Lipinski definition) is 3. The maximum atomic E-state index is 12.7. The lowest BCUT2D eigenvalue weighted by atomic mass is 10.0. The fraction of sp³-hybridized carbons (Fsp3) is 0.167. The number of benzene rings is 2. The van der Waals surface area contributed by atoms with Gasteiger partial charge in [0.15, 0.2) is 0 Å². The second kappa shape index (κ2) is 6.60. The fourth-order valence-corrected chi connectivity index (χ4v) is 2.64. The van der Waals surface area contributed by atoms with Gasteiger partial charge in [-0.05, 0) is 36.2 Å². The number of aromatic amines is 1. The number of H-pyrrole nitrogens is 1. The van der Waals surface area contributed by atoms with E-state index in [-0.39, 0.29) is 12.1 Å². The number of carbonyl (C=O) groups is 1. The van der Waals surface area contributed by atoms with Crippen LogP contribution in [0.1, 0.15) is 11.1 Å². The van der Waals surface area contributed by atoms with Crippen LogP contribution in [0.5, 0.6) is 0 Å². The van der Waals surface area contributed by atoms with E-state index in [9.17, 15) is 18.0 Å². The highest BCUT2D eigenvalue weighted by Crippen LogP contribution is 2.30. The van der Waals surface area contributed by atoms with E-state index < -0.39 is 23.7 Å². The van der Waals surface area contributed by atoms with Crippen molar-refractivity contribution in [2.75, 3.05) is 5.32 Å². The number of amides is 1. The molecule has 0 fully saturated rings. The van der Waals surface area contributed by atoms with Crippen LogP contribution in [0.3, 0.4) is 0 Å². The van der Waals surface area contributed by atoms with Crippen molar-refractivity contribution in [3.05, 3.63) is 65.9 Å². The van der Waals surface area contributed by atoms with Crippen LogP contribution >= 0.6 is 0 Å². The molecule has 0 aliphatic heterocycles. The number of nitrogens with two attached hydrogens (primary N) is 1. The van der Waals surface area contributed by atoms with Gasteiger partial charge in [0, 0.05) is 22.8 Å². The molecule has 0 saturated carbocycles. The third kappa shape index (κ3) is 3.83. The standard InChI is InChI=1S/C18H16F3N3O/c19-18(20,21)12-4-3-5-13(9-12)24-17(25)15(22)8-11-10-23-16-7-2-1-6-14(11)16/h1-7,9-10,15,23H,8,22H2,(H,24,25). The first-order valence-electron chi connectivity index (χ1n) is 7.63. The van der Waals surface area contributed by atoms with Gasteiger partial charge in [-0.1, -0.05) is 24.3 Å². The zero-order chi connectivity index (χ0) is 18.0. The van der Waals surface area contributed by atoms with Crippen LogP contribution in [0.2, 0.25) is 0 Å². The predicted molar refractivity (Wildman–Crippen MR) is 90.1 cm³/mol. The van der Waals surface area contributed by atoms with Crippen molar-refractivity contribution in [2.45, 2.75) is 18.6 Å². The second-order valence-corrected chi connectivity index (χ2v) is 5.74. The van der Waals surface area contributed by atoms with Crippen LogP contribution in [0, 0.1) is 0 Å². The molecule has 3 aromatic rings. The number of halogens is 3. The highest BCUT2D eigenvalue weighted by molar-refractivity contribution is 5.95. The van der Waals surface area contributed by atoms with Gasteiger partial charge in [-0.15, -0.1) is 0 Å². The van der Waals surface area contributed by atoms with Crippen LogP contribution < -0.4 is 11.1 Å². The summed E-state index contributed by atoms with van der Waals surface area (Å²) in [5.74, 6) is -0.537. The smallest absolute Gasteiger partial charge is 0.361 e. The Hall–Kier alpha value is -2.80. The Bertz CT molecular complexity index is 902. The molecule has 0 aliphatic carbocycles. The van der Waals surface area contributed by atoms with Gasteiger partial charge in [-0.25, -0.2) is 0 Å². The van der Waals surface area contributed by atoms with E-state index in [0.29, 0.717) is 0 Å². The van der Waals surface area contributed by atoms with E-state index >= 15 is 0 Å². The van der Waals surface area contributed by atoms with Crippen molar-refractivity contribution >= 4 is 22.5 Å². The van der Waals surface area contributed by atoms with E-state index in [2.05, 4.69) is 10.3 Å². The first-order valence-corrected chi connectivity index (χ1v) is 7.63. The number of para-hydroxylation sites is 1. The average molecular weight is 347 g/mol. The Morgan fingerprint density at radius 3 is 2.68 bits per heavy atom. The lowest BCUT2D eigenvalue weighted by Gasteiger charge is -2.13. The number of hydrogen-bond acceptors (Lipinski definition) is 2. The SMILES string of the molecule is NC(Cc1c[nH]c2ccccc12)C(=O)Nc1cccc(C(F)(F)F)c1. The molecule has 3 rings (SSSR count). The molecule has 0 aliphatic rings. The molecule has 1 unspecified atom stereocenters. The van der Waals surface area contributed by atoms with Gasteiger partial charge in [-0.2, -0.15) is 13.2 Å². The molecule has 0 spiro atoms. The van der Waals surface area contributed by atoms with E-state index in [1.165, 1.54) is 12.1 Å². The molecule has 0 saturated heterocycles. The summed E-state index contributed by atoms with van der Waals surface area (Å²) >= 11 is 0. The Labute approximate surface area is 141 Å². The van der Waals surface area contributed by atoms with Crippen molar-refractivity contribution in [1.82, 2.24) is 4.98 Å². The number of fused-ring (bicyclic) bond motifs is 1. The molecule has 1 heterocycles. The predicted octanol–water partition coefficient (Wildman–Crippen LogP) is 3.70. The lowest BCUT2D eigenvalue weighted by Crippen LogP contribution is -2.37. The Morgan fingerprint density at radius 1 is 1.16 bits per heavy atom. The number of carbonyl (C=O) groups excluding carboxylic acids is 1. The summed E-state index contributed by atoms with van der Waals surface area (Å²) in [5.41, 5.74) is 6.97. The minimum Gasteiger partial charge on any atom is -0.361 e. The minimum absolute atomic E-state index is 0.0641. The molecular formula is C18H16F3N3O. The van der Waals surface area contributed by atoms with Crippen molar-refractivity contribution in [2.24, 2.45) is 5.73 Å². The summed E-state index contributed by atoms with van der Waals surface area (Å²) in [4.78, 5) is 15.3. The van der Waals surface area contributed by atoms with Gasteiger partial charge < -0.3 is 16.0 Å². The Morgan fingerprint density at radius 2 is 1.92 bits per heavy atom. The molecule has 0 radical (unpaired) electrons. The molecule has 4 N–H and O–H groups in total. The quantitative estimate of drug-likeness (QED) is 0.673. The van der Waals surface area contributed by atoms with E-state index in [0.717, 1.165) is 28.6 Å². The summed E-state index contributed by atoms with van der Waals surface area (Å²) < 4.78 is 38.2. The monoisotopic (exact) mass is 347 g/mol. The summed E-state index contributed by atoms with van der Waals surface area (Å²) in [6, 6.07) is 11.2. The molecule has 7 heteroatoms. The van der Waals surface area contributed by atoms with E-state index in [1.807, 2.05) is 24.3 Å². The maximum absolute atomic E-state index is 12.7. The molecular weight excluding hydrogens is 331 g/mol. The van der Waals surface area contributed by atoms with Crippen molar-refractivity contribution in [1.29, 1.82) is 0 Å². The molecule has 1 atom stereocenters. The summed E-state index contributed by atoms with van der Waals surface area (Å²) in [6.07, 6.45) is -2.41. The molecule has 25 heavy (non-hydrogen) atoms. The minimum atomic E-state index is -4.47. The van der Waals surface area contributed by atoms with Gasteiger partial charge in [0.25, 0.3) is 0 Å². The topological polar surface area (TPSA) is 70.9 Å². The number of rotatable bonds is 4. The third-order valence-corrected chi connectivity index (χ3v) is 3.91. The number of aromatic nitrogens is 1. The van der Waals surface area contributed by atoms with E-state index in [1.54, 1.807) is 6.20 Å². The lowest BCUT2D eigenvalue weighted by molar-refractivity contribution is -0.137. The number of anilines is 1. The Kier molecular flexibility index (Phi) is 4.50. The van der Waals surface area contributed by atoms with Crippen LogP contribution in [-0.2, 0) is 17.4 Å². The summed E-state index contributed by atoms with van der Waals surface area (Å²) in [7, 11) is 0. The van der Waals surface area contributed by atoms with Crippen molar-refractivity contribution in [3.63, 3.8) is 0 Å². The highest BCUT2D eigenvalue weighted by Gasteiger charge is 2.30. The largest absolute Gasteiger partial charge is 0.416 e. The molecule has 0 bridgehead atoms. The van der Waals surface area contributed by atoms with Gasteiger partial charge >= 0.3 is 6.18 Å². The van der Waals surface area contributed by atoms with E-state index in [4.69, 9.17) is 5.73 Å². The van der Waals surface area contributed by atoms with Gasteiger partial charge in [0.05, 0.1) is 11.6 Å². The zero-order valence-electron chi connectivity index (χ0n) is 13.1. The molecule has 1 amide bonds. The first kappa shape index (κ1) is 17.0. The molecule has 130 valence electrons. The normalized spacial score (nSPS) is 13.0. The number of alkyl halides is 3. The van der Waals surface area contributed by atoms with Crippen LogP contribution in [0.15, 0.2) is 54.7 Å². The zero-order valence-corrected chi connectivity index (χ0v) is 13.1. The molecule has 4 nitrogen and oxygen atoms in total. The van der Waals surface area contributed by atoms with Gasteiger partial charge in [0.2, 0.25) is 5.91 Å². The second-order valence-electron chi connectivity index (χ2n) is 5.74. The molecule has 2 aromatic carbocycles. The summed E-state index contributed by atoms with van der Waals surface area (Å²) in [6.45, 7) is 0. The van der Waals surface area contributed by atoms with Crippen molar-refractivity contribution < 1.29 is 18.0 Å². The number of nitrogens with one attached hydrogen (secondary N) is 2. The van der Waals surface area contributed by atoms with Gasteiger partial charge in [-0.3, -0.25) is 4.79 Å². The average Bonchev–Trinajstić information content (AvgIpc) is 2.97. The van der Waals surface area contributed by atoms with Crippen LogP contribution in [-0.4, -0.2) is 16.9 Å². The van der Waals surface area contributed by atoms with Crippen molar-refractivity contribution in [3.8, 4) is 0 Å². The molecule has 1 aromatic heterocycles. The Balaban J connectivity index is 1.71. The summed E-state index contributed by atoms with van der Waals surface area (Å²) in [5, 5.41) is 3.40. The first-order chi connectivity index (χ1) is 11.8. The fourth-order valence-electron chi connectivity index (χ4n) is 2.64. The van der Waals surface area contributed by atoms with Gasteiger partial charge in [0.1, 0.15) is 0 Å². The maximum Gasteiger partial charge on any atom is 0.416 e.